The zero-order valence-electron chi connectivity index (χ0n) is 18.3. The first-order valence-corrected chi connectivity index (χ1v) is 12.2. The van der Waals surface area contributed by atoms with Crippen LogP contribution in [-0.2, 0) is 28.2 Å². The topological polar surface area (TPSA) is 75.2 Å². The molecule has 1 aromatic rings. The normalized spacial score (nSPS) is 11.3. The number of aryl methyl sites for hydroxylation is 2. The maximum atomic E-state index is 9.22. The molecule has 0 saturated heterocycles. The van der Waals surface area contributed by atoms with Crippen molar-refractivity contribution in [3.63, 3.8) is 0 Å². The number of nitrogens with zero attached hydrogens (tertiary/aromatic N) is 2. The van der Waals surface area contributed by atoms with E-state index in [0.717, 1.165) is 7.11 Å². The largest absolute Gasteiger partial charge is 0.726 e. The summed E-state index contributed by atoms with van der Waals surface area (Å²) in [7, 11) is -1.52. The molecule has 0 amide bonds. The van der Waals surface area contributed by atoms with Crippen LogP contribution in [0.25, 0.3) is 0 Å². The van der Waals surface area contributed by atoms with Crippen molar-refractivity contribution in [2.75, 3.05) is 7.11 Å². The molecule has 0 unspecified atom stereocenters. The van der Waals surface area contributed by atoms with E-state index in [1.807, 2.05) is 0 Å². The van der Waals surface area contributed by atoms with Crippen LogP contribution >= 0.6 is 0 Å². The molecule has 1 aromatic heterocycles. The lowest BCUT2D eigenvalue weighted by Gasteiger charge is -2.03. The van der Waals surface area contributed by atoms with Gasteiger partial charge in [-0.3, -0.25) is 4.18 Å². The molecule has 0 spiro atoms. The third-order valence-corrected chi connectivity index (χ3v) is 5.21. The first-order valence-electron chi connectivity index (χ1n) is 10.9. The van der Waals surface area contributed by atoms with Gasteiger partial charge in [0.05, 0.1) is 20.7 Å². The Morgan fingerprint density at radius 3 is 1.57 bits per heavy atom. The zero-order chi connectivity index (χ0) is 21.1. The summed E-state index contributed by atoms with van der Waals surface area (Å²) >= 11 is 0. The quantitative estimate of drug-likeness (QED) is 0.166. The summed E-state index contributed by atoms with van der Waals surface area (Å²) in [4.78, 5) is 0. The Morgan fingerprint density at radius 2 is 1.25 bits per heavy atom. The smallest absolute Gasteiger partial charge is 0.243 e. The van der Waals surface area contributed by atoms with E-state index in [9.17, 15) is 13.0 Å². The fourth-order valence-corrected chi connectivity index (χ4v) is 3.12. The number of hydrogen-bond donors (Lipinski definition) is 0. The average molecular weight is 419 g/mol. The highest BCUT2D eigenvalue weighted by Gasteiger charge is 1.99. The van der Waals surface area contributed by atoms with Crippen LogP contribution in [0.15, 0.2) is 18.7 Å². The fourth-order valence-electron chi connectivity index (χ4n) is 3.12. The van der Waals surface area contributed by atoms with Crippen molar-refractivity contribution < 1.29 is 21.7 Å². The van der Waals surface area contributed by atoms with E-state index in [1.54, 1.807) is 0 Å². The van der Waals surface area contributed by atoms with Gasteiger partial charge in [0.2, 0.25) is 16.7 Å². The lowest BCUT2D eigenvalue weighted by Crippen LogP contribution is -2.23. The van der Waals surface area contributed by atoms with E-state index in [2.05, 4.69) is 46.0 Å². The highest BCUT2D eigenvalue weighted by atomic mass is 32.3. The van der Waals surface area contributed by atoms with Crippen LogP contribution in [-0.4, -0.2) is 24.6 Å². The van der Waals surface area contributed by atoms with Gasteiger partial charge in [0, 0.05) is 0 Å². The second-order valence-electron chi connectivity index (χ2n) is 7.49. The first-order chi connectivity index (χ1) is 13.4. The van der Waals surface area contributed by atoms with Crippen LogP contribution in [0.3, 0.4) is 0 Å². The SMILES string of the molecule is CCCCCCCCCCCCCCCCn1cc[n+](C)c1.COS(=O)(=O)[O-]. The van der Waals surface area contributed by atoms with Crippen LogP contribution in [0, 0.1) is 0 Å². The molecule has 0 N–H and O–H groups in total. The number of imidazole rings is 1. The van der Waals surface area contributed by atoms with Crippen LogP contribution in [0.4, 0.5) is 0 Å². The van der Waals surface area contributed by atoms with E-state index in [1.165, 1.54) is 96.4 Å². The molecule has 0 fully saturated rings. The fraction of sp³-hybridized carbons (Fsp3) is 0.857. The van der Waals surface area contributed by atoms with E-state index in [0.29, 0.717) is 0 Å². The van der Waals surface area contributed by atoms with Crippen molar-refractivity contribution >= 4 is 10.4 Å². The standard InChI is InChI=1S/C20H39N2.CH4O4S/c1-3-4-5-6-7-8-9-10-11-12-13-14-15-16-17-22-19-18-21(2)20-22;1-5-6(2,3)4/h18-20H,3-17H2,1-2H3;1H3,(H,2,3,4)/q+1;/p-1. The first kappa shape index (κ1) is 27.1. The van der Waals surface area contributed by atoms with E-state index >= 15 is 0 Å². The average Bonchev–Trinajstić information content (AvgIpc) is 3.07. The van der Waals surface area contributed by atoms with Gasteiger partial charge in [0.25, 0.3) is 0 Å². The van der Waals surface area contributed by atoms with Crippen molar-refractivity contribution in [3.05, 3.63) is 18.7 Å². The Hall–Kier alpha value is -0.920. The number of hydrogen-bond acceptors (Lipinski definition) is 4. The molecule has 1 heterocycles. The van der Waals surface area contributed by atoms with Crippen LogP contribution < -0.4 is 4.57 Å². The number of unbranched alkanes of at least 4 members (excludes halogenated alkanes) is 13. The van der Waals surface area contributed by atoms with Gasteiger partial charge in [-0.15, -0.1) is 0 Å². The summed E-state index contributed by atoms with van der Waals surface area (Å²) in [6.07, 6.45) is 26.5. The second kappa shape index (κ2) is 18.1. The van der Waals surface area contributed by atoms with E-state index in [-0.39, 0.29) is 0 Å². The zero-order valence-corrected chi connectivity index (χ0v) is 19.1. The highest BCUT2D eigenvalue weighted by Crippen LogP contribution is 2.13. The molecule has 0 aliphatic carbocycles. The Morgan fingerprint density at radius 1 is 0.857 bits per heavy atom. The van der Waals surface area contributed by atoms with E-state index in [4.69, 9.17) is 0 Å². The molecule has 0 aromatic carbocycles. The molecule has 0 bridgehead atoms. The predicted molar refractivity (Wildman–Crippen MR) is 113 cm³/mol. The molecule has 0 saturated carbocycles. The molecule has 1 rings (SSSR count). The predicted octanol–water partition coefficient (Wildman–Crippen LogP) is 4.89. The molecule has 0 atom stereocenters. The van der Waals surface area contributed by atoms with Crippen molar-refractivity contribution in [3.8, 4) is 0 Å². The monoisotopic (exact) mass is 418 g/mol. The van der Waals surface area contributed by atoms with Gasteiger partial charge in [-0.05, 0) is 12.8 Å². The Labute approximate surface area is 173 Å². The Balaban J connectivity index is 0.00000105. The van der Waals surface area contributed by atoms with Gasteiger partial charge in [-0.25, -0.2) is 17.6 Å². The number of aromatic nitrogens is 2. The van der Waals surface area contributed by atoms with Gasteiger partial charge in [0.15, 0.2) is 0 Å². The van der Waals surface area contributed by atoms with Crippen LogP contribution in [0.1, 0.15) is 96.8 Å². The molecule has 7 heteroatoms. The molecule has 0 radical (unpaired) electrons. The maximum Gasteiger partial charge on any atom is 0.243 e. The van der Waals surface area contributed by atoms with Gasteiger partial charge in [-0.1, -0.05) is 84.0 Å². The maximum absolute atomic E-state index is 9.22. The van der Waals surface area contributed by atoms with Gasteiger partial charge < -0.3 is 4.55 Å². The second-order valence-corrected chi connectivity index (χ2v) is 8.64. The third kappa shape index (κ3) is 19.8. The van der Waals surface area contributed by atoms with Crippen LogP contribution in [0.2, 0.25) is 0 Å². The van der Waals surface area contributed by atoms with Crippen LogP contribution in [0.5, 0.6) is 0 Å². The molecule has 6 nitrogen and oxygen atoms in total. The lowest BCUT2D eigenvalue weighted by molar-refractivity contribution is -0.671. The van der Waals surface area contributed by atoms with E-state index < -0.39 is 10.4 Å². The van der Waals surface area contributed by atoms with Crippen molar-refractivity contribution in [2.24, 2.45) is 7.05 Å². The van der Waals surface area contributed by atoms with Crippen molar-refractivity contribution in [1.29, 1.82) is 0 Å². The molecular formula is C21H42N2O4S. The minimum absolute atomic E-state index is 0.808. The lowest BCUT2D eigenvalue weighted by atomic mass is 10.0. The molecule has 166 valence electrons. The minimum Gasteiger partial charge on any atom is -0.726 e. The highest BCUT2D eigenvalue weighted by molar-refractivity contribution is 7.80. The molecular weight excluding hydrogens is 376 g/mol. The summed E-state index contributed by atoms with van der Waals surface area (Å²) in [5.74, 6) is 0. The number of rotatable bonds is 16. The third-order valence-electron chi connectivity index (χ3n) is 4.80. The Bertz CT molecular complexity index is 559. The van der Waals surface area contributed by atoms with Gasteiger partial charge >= 0.3 is 0 Å². The summed E-state index contributed by atoms with van der Waals surface area (Å²) in [5, 5.41) is 0. The minimum atomic E-state index is -4.41. The molecule has 28 heavy (non-hydrogen) atoms. The van der Waals surface area contributed by atoms with Gasteiger partial charge in [0.1, 0.15) is 12.4 Å². The van der Waals surface area contributed by atoms with Gasteiger partial charge in [-0.2, -0.15) is 0 Å². The summed E-state index contributed by atoms with van der Waals surface area (Å²) in [6, 6.07) is 0. The summed E-state index contributed by atoms with van der Waals surface area (Å²) < 4.78 is 35.4. The van der Waals surface area contributed by atoms with Crippen molar-refractivity contribution in [1.82, 2.24) is 4.57 Å². The summed E-state index contributed by atoms with van der Waals surface area (Å²) in [5.41, 5.74) is 0. The molecule has 0 aliphatic heterocycles. The van der Waals surface area contributed by atoms with Crippen molar-refractivity contribution in [2.45, 2.75) is 103 Å². The summed E-state index contributed by atoms with van der Waals surface area (Å²) in [6.45, 7) is 3.47. The molecule has 0 aliphatic rings. The Kier molecular flexibility index (Phi) is 17.5.